The van der Waals surface area contributed by atoms with E-state index < -0.39 is 0 Å². The fourth-order valence-corrected chi connectivity index (χ4v) is 9.47. The fourth-order valence-electron chi connectivity index (χ4n) is 9.47. The van der Waals surface area contributed by atoms with Gasteiger partial charge in [0.15, 0.2) is 0 Å². The van der Waals surface area contributed by atoms with E-state index in [0.717, 1.165) is 0 Å². The maximum absolute atomic E-state index is 2.70. The summed E-state index contributed by atoms with van der Waals surface area (Å²) in [6, 6.07) is 56.6. The first-order chi connectivity index (χ1) is 23.4. The van der Waals surface area contributed by atoms with Gasteiger partial charge in [0.1, 0.15) is 0 Å². The number of aromatic nitrogens is 1. The molecule has 3 nitrogen and oxygen atoms in total. The van der Waals surface area contributed by atoms with E-state index in [0.29, 0.717) is 0 Å². The lowest BCUT2D eigenvalue weighted by atomic mass is 9.38. The van der Waals surface area contributed by atoms with Crippen molar-refractivity contribution in [3.8, 4) is 5.69 Å². The summed E-state index contributed by atoms with van der Waals surface area (Å²) in [6.45, 7) is 0.0944. The Morgan fingerprint density at radius 2 is 0.979 bits per heavy atom. The molecule has 47 heavy (non-hydrogen) atoms. The summed E-state index contributed by atoms with van der Waals surface area (Å²) in [5.74, 6) is 0. The first-order valence-corrected chi connectivity index (χ1v) is 16.5. The van der Waals surface area contributed by atoms with Gasteiger partial charge in [-0.25, -0.2) is 0 Å². The third kappa shape index (κ3) is 2.83. The Labute approximate surface area is 272 Å². The third-order valence-electron chi connectivity index (χ3n) is 11.1. The minimum atomic E-state index is 0.0240. The van der Waals surface area contributed by atoms with Crippen LogP contribution in [-0.4, -0.2) is 23.1 Å². The molecule has 0 amide bonds. The molecule has 12 rings (SSSR count). The molecule has 0 N–H and O–H groups in total. The smallest absolute Gasteiger partial charge is 0.307 e. The second-order valence-corrected chi connectivity index (χ2v) is 13.2. The molecule has 3 aliphatic rings. The number of benzene rings is 8. The highest BCUT2D eigenvalue weighted by Crippen LogP contribution is 2.45. The Balaban J connectivity index is 1.26. The predicted molar refractivity (Wildman–Crippen MR) is 200 cm³/mol. The monoisotopic (exact) mass is 593 g/mol. The molecule has 3 aliphatic heterocycles. The molecule has 0 saturated heterocycles. The molecular formula is C42H25B2N3. The zero-order chi connectivity index (χ0) is 30.4. The largest absolute Gasteiger partial charge is 0.310 e. The van der Waals surface area contributed by atoms with E-state index in [1.807, 2.05) is 0 Å². The summed E-state index contributed by atoms with van der Waals surface area (Å²) in [6.07, 6.45) is 0. The number of nitrogens with zero attached hydrogens (tertiary/aromatic N) is 3. The lowest BCUT2D eigenvalue weighted by Gasteiger charge is -2.32. The van der Waals surface area contributed by atoms with Crippen molar-refractivity contribution in [1.82, 2.24) is 9.40 Å². The second-order valence-electron chi connectivity index (χ2n) is 13.2. The molecule has 1 aromatic heterocycles. The van der Waals surface area contributed by atoms with Crippen molar-refractivity contribution in [2.75, 3.05) is 5.01 Å². The van der Waals surface area contributed by atoms with Gasteiger partial charge < -0.3 is 4.57 Å². The zero-order valence-corrected chi connectivity index (χ0v) is 25.4. The molecule has 0 unspecified atom stereocenters. The Kier molecular flexibility index (Phi) is 4.44. The van der Waals surface area contributed by atoms with Crippen molar-refractivity contribution in [3.63, 3.8) is 0 Å². The number of fused-ring (bicyclic) bond motifs is 17. The number of hydrazine groups is 1. The minimum Gasteiger partial charge on any atom is -0.310 e. The van der Waals surface area contributed by atoms with Crippen LogP contribution in [0.15, 0.2) is 152 Å². The maximum Gasteiger partial charge on any atom is 0.307 e. The molecule has 9 aromatic rings. The van der Waals surface area contributed by atoms with Crippen LogP contribution in [0.4, 0.5) is 11.4 Å². The number of para-hydroxylation sites is 2. The molecule has 0 fully saturated rings. The predicted octanol–water partition coefficient (Wildman–Crippen LogP) is 7.15. The van der Waals surface area contributed by atoms with Gasteiger partial charge in [-0.05, 0) is 73.0 Å². The lowest BCUT2D eigenvalue weighted by Crippen LogP contribution is -2.65. The van der Waals surface area contributed by atoms with E-state index >= 15 is 0 Å². The van der Waals surface area contributed by atoms with Gasteiger partial charge in [-0.15, -0.1) is 0 Å². The molecule has 4 heterocycles. The maximum atomic E-state index is 2.70. The summed E-state index contributed by atoms with van der Waals surface area (Å²) < 4.78 is 2.52. The highest BCUT2D eigenvalue weighted by Gasteiger charge is 2.56. The quantitative estimate of drug-likeness (QED) is 0.148. The van der Waals surface area contributed by atoms with Crippen LogP contribution >= 0.6 is 0 Å². The van der Waals surface area contributed by atoms with E-state index in [4.69, 9.17) is 0 Å². The Bertz CT molecular complexity index is 2800. The van der Waals surface area contributed by atoms with Crippen LogP contribution in [0.2, 0.25) is 0 Å². The molecule has 0 aliphatic carbocycles. The summed E-state index contributed by atoms with van der Waals surface area (Å²) in [5, 5.41) is 13.1. The van der Waals surface area contributed by atoms with Crippen LogP contribution in [0.25, 0.3) is 59.8 Å². The average molecular weight is 593 g/mol. The molecule has 0 spiro atoms. The summed E-state index contributed by atoms with van der Waals surface area (Å²) in [7, 11) is 0. The molecule has 0 bridgehead atoms. The van der Waals surface area contributed by atoms with Crippen LogP contribution in [0.1, 0.15) is 0 Å². The number of hydrogen-bond acceptors (Lipinski definition) is 2. The molecule has 0 radical (unpaired) electrons. The van der Waals surface area contributed by atoms with E-state index in [1.165, 1.54) is 93.0 Å². The molecule has 8 aromatic carbocycles. The van der Waals surface area contributed by atoms with Gasteiger partial charge >= 0.3 is 13.7 Å². The standard InChI is InChI=1S/C42H25B2N3/c1-2-12-26(13-3-1)43-41-38(25-24-32-29-16-5-4-14-27(29)28-15-6-7-18-31(28)39(32)41)46-37-23-11-22-36-40(37)44(47(43)46)34-20-10-19-33-30-17-8-9-21-35(30)45(36)42(33)34/h1-25H. The molecule has 214 valence electrons. The second kappa shape index (κ2) is 8.52. The van der Waals surface area contributed by atoms with Gasteiger partial charge in [0.2, 0.25) is 0 Å². The van der Waals surface area contributed by atoms with Crippen LogP contribution in [0.5, 0.6) is 0 Å². The van der Waals surface area contributed by atoms with Crippen molar-refractivity contribution in [3.05, 3.63) is 152 Å². The van der Waals surface area contributed by atoms with Gasteiger partial charge in [-0.3, -0.25) is 9.84 Å². The Morgan fingerprint density at radius 3 is 1.79 bits per heavy atom. The first-order valence-electron chi connectivity index (χ1n) is 16.5. The molecular weight excluding hydrogens is 568 g/mol. The van der Waals surface area contributed by atoms with E-state index in [2.05, 4.69) is 166 Å². The molecule has 0 saturated carbocycles. The average Bonchev–Trinajstić information content (AvgIpc) is 3.78. The van der Waals surface area contributed by atoms with Crippen LogP contribution in [0.3, 0.4) is 0 Å². The van der Waals surface area contributed by atoms with E-state index in [1.54, 1.807) is 0 Å². The highest BCUT2D eigenvalue weighted by atomic mass is 15.6. The van der Waals surface area contributed by atoms with Crippen LogP contribution in [0, 0.1) is 0 Å². The number of rotatable bonds is 1. The van der Waals surface area contributed by atoms with Gasteiger partial charge in [-0.2, -0.15) is 0 Å². The minimum absolute atomic E-state index is 0.0240. The number of hydrogen-bond donors (Lipinski definition) is 0. The van der Waals surface area contributed by atoms with Crippen molar-refractivity contribution in [2.45, 2.75) is 0 Å². The van der Waals surface area contributed by atoms with Gasteiger partial charge in [-0.1, -0.05) is 133 Å². The van der Waals surface area contributed by atoms with Gasteiger partial charge in [0, 0.05) is 16.5 Å². The summed E-state index contributed by atoms with van der Waals surface area (Å²) >= 11 is 0. The van der Waals surface area contributed by atoms with Crippen molar-refractivity contribution in [2.24, 2.45) is 0 Å². The van der Waals surface area contributed by atoms with Gasteiger partial charge in [0.05, 0.1) is 22.4 Å². The third-order valence-corrected chi connectivity index (χ3v) is 11.1. The van der Waals surface area contributed by atoms with Gasteiger partial charge in [0.25, 0.3) is 0 Å². The summed E-state index contributed by atoms with van der Waals surface area (Å²) in [5.41, 5.74) is 11.9. The molecule has 0 atom stereocenters. The normalized spacial score (nSPS) is 14.6. The van der Waals surface area contributed by atoms with Crippen molar-refractivity contribution >= 4 is 101 Å². The number of anilines is 2. The lowest BCUT2D eigenvalue weighted by molar-refractivity contribution is 0.720. The fraction of sp³-hybridized carbons (Fsp3) is 0. The van der Waals surface area contributed by atoms with Crippen molar-refractivity contribution in [1.29, 1.82) is 0 Å². The first kappa shape index (κ1) is 24.5. The molecule has 5 heteroatoms. The van der Waals surface area contributed by atoms with Crippen molar-refractivity contribution < 1.29 is 0 Å². The Morgan fingerprint density at radius 1 is 0.383 bits per heavy atom. The zero-order valence-electron chi connectivity index (χ0n) is 25.4. The summed E-state index contributed by atoms with van der Waals surface area (Å²) in [4.78, 5) is 2.70. The topological polar surface area (TPSA) is 11.4 Å². The van der Waals surface area contributed by atoms with E-state index in [-0.39, 0.29) is 13.7 Å². The highest BCUT2D eigenvalue weighted by molar-refractivity contribution is 7.02. The Hall–Kier alpha value is -5.77. The van der Waals surface area contributed by atoms with E-state index in [9.17, 15) is 0 Å². The van der Waals surface area contributed by atoms with Crippen LogP contribution < -0.4 is 26.9 Å². The van der Waals surface area contributed by atoms with Crippen LogP contribution in [-0.2, 0) is 0 Å². The SMILES string of the molecule is c1ccc(B2c3c(ccc4c5ccccc5c5ccccc5c34)N3c4cccc5c4B(c4cccc6c7ccccc7n-5c46)N23)cc1.